The Balaban J connectivity index is 0.000000191. The summed E-state index contributed by atoms with van der Waals surface area (Å²) < 4.78 is 69.8. The topological polar surface area (TPSA) is 329 Å². The van der Waals surface area contributed by atoms with Crippen molar-refractivity contribution in [3.05, 3.63) is 381 Å². The molecule has 25 nitrogen and oxygen atoms in total. The number of hydrogen-bond donors (Lipinski definition) is 4. The molecule has 0 spiro atoms. The molecule has 28 heteroatoms. The van der Waals surface area contributed by atoms with Gasteiger partial charge in [-0.05, 0) is 203 Å². The van der Waals surface area contributed by atoms with Gasteiger partial charge in [0, 0.05) is 72.9 Å². The smallest absolute Gasteiger partial charge is 0.344 e. The van der Waals surface area contributed by atoms with Gasteiger partial charge >= 0.3 is 23.9 Å². The Hall–Kier alpha value is -15.7. The first kappa shape index (κ1) is 106. The lowest BCUT2D eigenvalue weighted by Crippen LogP contribution is -2.39. The summed E-state index contributed by atoms with van der Waals surface area (Å²) in [5.41, 5.74) is 9.55. The van der Waals surface area contributed by atoms with E-state index in [1.165, 1.54) is 20.8 Å². The molecule has 1 aliphatic heterocycles. The molecule has 0 radical (unpaired) electrons. The Morgan fingerprint density at radius 3 is 1.11 bits per heavy atom. The van der Waals surface area contributed by atoms with Crippen LogP contribution < -0.4 is 56.8 Å². The molecule has 140 heavy (non-hydrogen) atoms. The van der Waals surface area contributed by atoms with Crippen LogP contribution in [-0.4, -0.2) is 93.9 Å². The van der Waals surface area contributed by atoms with Crippen LogP contribution in [0.3, 0.4) is 0 Å². The molecule has 5 heterocycles. The highest BCUT2D eigenvalue weighted by atomic mass is 35.5. The van der Waals surface area contributed by atoms with Crippen LogP contribution in [0.4, 0.5) is 0 Å². The van der Waals surface area contributed by atoms with Gasteiger partial charge in [0.05, 0.1) is 61.8 Å². The minimum absolute atomic E-state index is 0. The predicted molar refractivity (Wildman–Crippen MR) is 543 cm³/mol. The molecule has 12 aromatic carbocycles. The Bertz CT molecular complexity index is 6780. The quantitative estimate of drug-likeness (QED) is 0.0283. The first-order chi connectivity index (χ1) is 65.8. The zero-order chi connectivity index (χ0) is 95.5. The van der Waals surface area contributed by atoms with Crippen LogP contribution >= 0.6 is 34.8 Å². The van der Waals surface area contributed by atoms with Crippen molar-refractivity contribution in [3.63, 3.8) is 0 Å². The fourth-order valence-electron chi connectivity index (χ4n) is 13.9. The molecule has 1 aliphatic rings. The summed E-state index contributed by atoms with van der Waals surface area (Å²) in [7, 11) is 0. The first-order valence-corrected chi connectivity index (χ1v) is 44.4. The molecule has 16 aromatic rings. The lowest BCUT2D eigenvalue weighted by atomic mass is 9.88. The van der Waals surface area contributed by atoms with E-state index in [0.29, 0.717) is 139 Å². The molecule has 4 N–H and O–H groups in total. The Morgan fingerprint density at radius 1 is 0.350 bits per heavy atom. The van der Waals surface area contributed by atoms with Gasteiger partial charge in [-0.2, -0.15) is 0 Å². The number of pyridine rings is 4. The van der Waals surface area contributed by atoms with Crippen LogP contribution in [0.5, 0.6) is 69.0 Å². The fourth-order valence-corrected chi connectivity index (χ4v) is 14.5. The zero-order valence-corrected chi connectivity index (χ0v) is 76.5. The number of aromatic nitrogens is 4. The van der Waals surface area contributed by atoms with E-state index in [4.69, 9.17) is 112 Å². The van der Waals surface area contributed by atoms with Crippen molar-refractivity contribution in [3.8, 4) is 69.0 Å². The summed E-state index contributed by atoms with van der Waals surface area (Å²) in [6, 6.07) is 97.4. The number of Topliss-reactive ketones (excluding diaryl/α,β-unsaturated/α-hetero) is 1. The molecule has 0 aliphatic carbocycles. The third-order valence-electron chi connectivity index (χ3n) is 21.1. The van der Waals surface area contributed by atoms with Gasteiger partial charge in [0.15, 0.2) is 24.1 Å². The monoisotopic (exact) mass is 1950 g/mol. The van der Waals surface area contributed by atoms with Crippen molar-refractivity contribution < 1.29 is 101 Å². The van der Waals surface area contributed by atoms with E-state index in [2.05, 4.69) is 19.9 Å². The molecule has 0 bridgehead atoms. The first-order valence-electron chi connectivity index (χ1n) is 43.2. The zero-order valence-electron chi connectivity index (χ0n) is 74.2. The van der Waals surface area contributed by atoms with Gasteiger partial charge in [-0.1, -0.05) is 198 Å². The number of carbonyl (C=O) groups is 5. The highest BCUT2D eigenvalue weighted by Gasteiger charge is 2.37. The summed E-state index contributed by atoms with van der Waals surface area (Å²) in [5.74, 6) is 2.44. The van der Waals surface area contributed by atoms with Gasteiger partial charge in [0.2, 0.25) is 0 Å². The molecule has 4 aromatic heterocycles. The molecule has 4 atom stereocenters. The molecular weight excluding hydrogens is 1840 g/mol. The number of carboxylic acid groups (broad SMARTS) is 4. The third kappa shape index (κ3) is 30.9. The van der Waals surface area contributed by atoms with Gasteiger partial charge in [-0.25, -0.2) is 34.3 Å². The Labute approximate surface area is 827 Å². The molecule has 0 fully saturated rings. The maximum Gasteiger partial charge on any atom is 0.344 e. The minimum atomic E-state index is -1.08. The van der Waals surface area contributed by atoms with E-state index in [1.807, 2.05) is 218 Å². The molecule has 17 rings (SSSR count). The fraction of sp³-hybridized carbons (Fsp3) is 0.205. The summed E-state index contributed by atoms with van der Waals surface area (Å²) in [5, 5.41) is 42.0. The number of fused-ring (bicyclic) bond motifs is 5. The van der Waals surface area contributed by atoms with Gasteiger partial charge in [-0.3, -0.25) is 9.59 Å². The van der Waals surface area contributed by atoms with Crippen molar-refractivity contribution in [1.29, 1.82) is 0 Å². The second-order valence-electron chi connectivity index (χ2n) is 31.6. The normalized spacial score (nSPS) is 12.7. The van der Waals surface area contributed by atoms with Crippen LogP contribution in [0.1, 0.15) is 132 Å². The minimum Gasteiger partial charge on any atom is -0.489 e. The van der Waals surface area contributed by atoms with Crippen LogP contribution in [0, 0.1) is 0 Å². The Kier molecular flexibility index (Phi) is 39.1. The number of carboxylic acids is 4. The number of aliphatic carboxylic acids is 4. The van der Waals surface area contributed by atoms with Crippen molar-refractivity contribution in [2.75, 3.05) is 0 Å². The van der Waals surface area contributed by atoms with Crippen LogP contribution in [-0.2, 0) is 72.0 Å². The van der Waals surface area contributed by atoms with Gasteiger partial charge in [0.25, 0.3) is 0 Å². The molecule has 724 valence electrons. The number of benzene rings is 12. The van der Waals surface area contributed by atoms with Gasteiger partial charge < -0.3 is 77.3 Å². The van der Waals surface area contributed by atoms with Crippen molar-refractivity contribution in [2.45, 2.75) is 153 Å². The maximum atomic E-state index is 12.6. The van der Waals surface area contributed by atoms with Gasteiger partial charge in [-0.15, -0.1) is 0 Å². The lowest BCUT2D eigenvalue weighted by molar-refractivity contribution is -0.145. The van der Waals surface area contributed by atoms with E-state index in [-0.39, 0.29) is 74.6 Å². The number of para-hydroxylation sites is 5. The SMILES string of the molecule is C.C.C.C.CC(Oc1c(Cl)cccc1COc1cccc(OCc2ccc3ccccc3n2)c1)C(=O)O.CC(Oc1ccc(Cl)cc1COc1ccc(OCc2ccc3ccccc3n2)cc1)C(=O)O.CC(Oc1ccc(Cl)cc1COc1cccc(OCc2ccc3ccccc3n2)c1)C(=O)O.CC1(CCC(=O)O)CC(=O)c2ccc(OCc3cccc(OCc4ccc5ccccc5n4)c3)cc2O1. The van der Waals surface area contributed by atoms with E-state index >= 15 is 0 Å². The summed E-state index contributed by atoms with van der Waals surface area (Å²) in [4.78, 5) is 75.5. The van der Waals surface area contributed by atoms with Crippen LogP contribution in [0.15, 0.2) is 315 Å². The molecule has 0 saturated heterocycles. The molecule has 4 unspecified atom stereocenters. The highest BCUT2D eigenvalue weighted by molar-refractivity contribution is 6.32. The van der Waals surface area contributed by atoms with E-state index in [0.717, 1.165) is 72.0 Å². The molecular formula is C112H109Cl3N4O21. The summed E-state index contributed by atoms with van der Waals surface area (Å²) in [6.45, 7) is 8.28. The van der Waals surface area contributed by atoms with Gasteiger partial charge in [0.1, 0.15) is 127 Å². The highest BCUT2D eigenvalue weighted by Crippen LogP contribution is 2.40. The van der Waals surface area contributed by atoms with Crippen molar-refractivity contribution >= 4 is 108 Å². The lowest BCUT2D eigenvalue weighted by Gasteiger charge is -2.34. The van der Waals surface area contributed by atoms with Crippen LogP contribution in [0.25, 0.3) is 43.6 Å². The summed E-state index contributed by atoms with van der Waals surface area (Å²) in [6.07, 6.45) is -2.69. The number of nitrogens with zero attached hydrogens (tertiary/aromatic N) is 4. The average Bonchev–Trinajstić information content (AvgIpc) is 0.779. The summed E-state index contributed by atoms with van der Waals surface area (Å²) >= 11 is 18.4. The number of ketones is 1. The molecule has 0 amide bonds. The number of hydrogen-bond acceptors (Lipinski definition) is 21. The second-order valence-corrected chi connectivity index (χ2v) is 32.9. The van der Waals surface area contributed by atoms with Crippen molar-refractivity contribution in [1.82, 2.24) is 19.9 Å². The number of halogens is 3. The average molecular weight is 1950 g/mol. The standard InChI is InChI=1S/C30H27NO6.3C26H22ClNO5.4CH4/c1-30(14-13-29(33)34)17-27(32)25-12-11-24(16-28(25)37-30)35-18-20-5-4-7-23(15-20)36-19-22-10-9-21-6-2-3-8-26(21)31-22;1-17(26(29)30)33-25-19(7-4-10-23(25)27)15-31-21-8-5-9-22(14-21)32-16-20-13-12-18-6-2-3-11-24(18)28-20;1-17(26(29)30)33-25-12-10-20(27)13-19(25)15-31-22-6-4-7-23(14-22)32-16-21-11-9-18-5-2-3-8-24(18)28-21;1-17(26(29)30)33-25-13-7-20(27)14-19(25)15-31-22-9-11-23(12-10-22)32-16-21-8-6-18-4-2-3-5-24(18)28-21;;;;/h2-12,15-16H,13-14,17-19H2,1H3,(H,33,34);3*2-14,17H,15-16H2,1H3,(H,29,30);4*1H4. The van der Waals surface area contributed by atoms with Crippen LogP contribution in [0.2, 0.25) is 15.1 Å². The number of carbonyl (C=O) groups excluding carboxylic acids is 1. The second kappa shape index (κ2) is 51.5. The number of rotatable bonds is 36. The molecule has 0 saturated carbocycles. The van der Waals surface area contributed by atoms with E-state index < -0.39 is 47.8 Å². The van der Waals surface area contributed by atoms with E-state index in [1.54, 1.807) is 104 Å². The van der Waals surface area contributed by atoms with Crippen molar-refractivity contribution in [2.24, 2.45) is 0 Å². The predicted octanol–water partition coefficient (Wildman–Crippen LogP) is 26.2. The largest absolute Gasteiger partial charge is 0.489 e. The third-order valence-corrected chi connectivity index (χ3v) is 21.9. The Morgan fingerprint density at radius 2 is 0.693 bits per heavy atom. The number of ether oxygens (including phenoxy) is 12. The maximum absolute atomic E-state index is 12.6. The van der Waals surface area contributed by atoms with E-state index in [9.17, 15) is 24.0 Å².